The molecule has 0 radical (unpaired) electrons. The Hall–Kier alpha value is -4.86. The molecule has 4 amide bonds. The molecule has 0 fully saturated rings. The molecule has 0 spiro atoms. The topological polar surface area (TPSA) is 135 Å². The van der Waals surface area contributed by atoms with Gasteiger partial charge in [-0.05, 0) is 102 Å². The van der Waals surface area contributed by atoms with Gasteiger partial charge in [-0.2, -0.15) is 0 Å². The molecule has 0 saturated carbocycles. The Morgan fingerprint density at radius 2 is 0.800 bits per heavy atom. The first-order chi connectivity index (χ1) is 18.7. The van der Waals surface area contributed by atoms with Crippen LogP contribution in [-0.2, 0) is 9.47 Å². The number of amides is 4. The molecular weight excluding hydrogens is 512 g/mol. The maximum Gasteiger partial charge on any atom is 0.412 e. The minimum atomic E-state index is -0.637. The van der Waals surface area contributed by atoms with E-state index >= 15 is 0 Å². The predicted molar refractivity (Wildman–Crippen MR) is 155 cm³/mol. The smallest absolute Gasteiger partial charge is 0.412 e. The quantitative estimate of drug-likeness (QED) is 0.266. The van der Waals surface area contributed by atoms with Crippen molar-refractivity contribution in [3.05, 3.63) is 83.9 Å². The molecule has 40 heavy (non-hydrogen) atoms. The Bertz CT molecular complexity index is 1280. The molecule has 0 heterocycles. The zero-order chi connectivity index (χ0) is 29.5. The SMILES string of the molecule is CC(C)(C)OC(=O)Nc1cccc(NC(=O)c2ccc(C(=O)Nc3cccc(NC(=O)OC(C)(C)C)c3)cc2)c1. The van der Waals surface area contributed by atoms with Crippen LogP contribution in [0.3, 0.4) is 0 Å². The van der Waals surface area contributed by atoms with E-state index in [9.17, 15) is 19.2 Å². The van der Waals surface area contributed by atoms with Gasteiger partial charge in [-0.25, -0.2) is 9.59 Å². The van der Waals surface area contributed by atoms with Crippen molar-refractivity contribution < 1.29 is 28.7 Å². The summed E-state index contributed by atoms with van der Waals surface area (Å²) in [5.41, 5.74) is 1.27. The molecule has 10 heteroatoms. The van der Waals surface area contributed by atoms with Gasteiger partial charge in [-0.1, -0.05) is 12.1 Å². The molecule has 3 aromatic rings. The van der Waals surface area contributed by atoms with Gasteiger partial charge < -0.3 is 20.1 Å². The van der Waals surface area contributed by atoms with Crippen LogP contribution in [0.15, 0.2) is 72.8 Å². The summed E-state index contributed by atoms with van der Waals surface area (Å²) in [6.07, 6.45) is -1.20. The molecule has 0 bridgehead atoms. The van der Waals surface area contributed by atoms with E-state index in [0.29, 0.717) is 33.9 Å². The van der Waals surface area contributed by atoms with Gasteiger partial charge in [0, 0.05) is 33.9 Å². The Morgan fingerprint density at radius 1 is 0.500 bits per heavy atom. The Balaban J connectivity index is 1.59. The van der Waals surface area contributed by atoms with Crippen LogP contribution in [0.5, 0.6) is 0 Å². The molecule has 0 unspecified atom stereocenters. The van der Waals surface area contributed by atoms with Crippen LogP contribution in [-0.4, -0.2) is 35.2 Å². The first-order valence-corrected chi connectivity index (χ1v) is 12.6. The summed E-state index contributed by atoms with van der Waals surface area (Å²) in [7, 11) is 0. The van der Waals surface area contributed by atoms with Crippen molar-refractivity contribution >= 4 is 46.8 Å². The maximum absolute atomic E-state index is 12.8. The molecule has 4 N–H and O–H groups in total. The average molecular weight is 547 g/mol. The summed E-state index contributed by atoms with van der Waals surface area (Å²) in [4.78, 5) is 49.5. The second kappa shape index (κ2) is 12.3. The predicted octanol–water partition coefficient (Wildman–Crippen LogP) is 6.89. The molecule has 3 rings (SSSR count). The number of carbonyl (C=O) groups is 4. The second-order valence-electron chi connectivity index (χ2n) is 10.9. The molecule has 0 atom stereocenters. The Kier molecular flexibility index (Phi) is 9.15. The average Bonchev–Trinajstić information content (AvgIpc) is 2.82. The van der Waals surface area contributed by atoms with Crippen molar-refractivity contribution in [2.24, 2.45) is 0 Å². The van der Waals surface area contributed by atoms with E-state index in [4.69, 9.17) is 9.47 Å². The lowest BCUT2D eigenvalue weighted by atomic mass is 10.1. The summed E-state index contributed by atoms with van der Waals surface area (Å²) >= 11 is 0. The van der Waals surface area contributed by atoms with Crippen LogP contribution >= 0.6 is 0 Å². The van der Waals surface area contributed by atoms with Gasteiger partial charge in [0.15, 0.2) is 0 Å². The molecule has 10 nitrogen and oxygen atoms in total. The van der Waals surface area contributed by atoms with Crippen molar-refractivity contribution in [2.75, 3.05) is 21.3 Å². The summed E-state index contributed by atoms with van der Waals surface area (Å²) < 4.78 is 10.5. The maximum atomic E-state index is 12.8. The Morgan fingerprint density at radius 3 is 1.10 bits per heavy atom. The summed E-state index contributed by atoms with van der Waals surface area (Å²) in [5.74, 6) is -0.774. The van der Waals surface area contributed by atoms with Crippen LogP contribution in [0.4, 0.5) is 32.3 Å². The lowest BCUT2D eigenvalue weighted by molar-refractivity contribution is 0.0624. The number of anilines is 4. The first-order valence-electron chi connectivity index (χ1n) is 12.6. The van der Waals surface area contributed by atoms with E-state index in [0.717, 1.165) is 0 Å². The van der Waals surface area contributed by atoms with E-state index in [2.05, 4.69) is 21.3 Å². The van der Waals surface area contributed by atoms with Crippen LogP contribution in [0.2, 0.25) is 0 Å². The first kappa shape index (κ1) is 29.7. The number of hydrogen-bond acceptors (Lipinski definition) is 6. The number of ether oxygens (including phenoxy) is 2. The number of rotatable bonds is 6. The summed E-state index contributed by atoms with van der Waals surface area (Å²) in [5, 5.41) is 10.8. The van der Waals surface area contributed by atoms with Crippen molar-refractivity contribution in [2.45, 2.75) is 52.7 Å². The molecule has 0 aliphatic heterocycles. The van der Waals surface area contributed by atoms with Gasteiger partial charge in [0.05, 0.1) is 0 Å². The monoisotopic (exact) mass is 546 g/mol. The van der Waals surface area contributed by atoms with E-state index in [1.807, 2.05) is 0 Å². The third kappa shape index (κ3) is 9.79. The normalized spacial score (nSPS) is 11.2. The zero-order valence-corrected chi connectivity index (χ0v) is 23.4. The van der Waals surface area contributed by atoms with Crippen molar-refractivity contribution in [3.63, 3.8) is 0 Å². The number of carbonyl (C=O) groups excluding carboxylic acids is 4. The molecular formula is C30H34N4O6. The fourth-order valence-electron chi connectivity index (χ4n) is 3.37. The van der Waals surface area contributed by atoms with Gasteiger partial charge in [-0.15, -0.1) is 0 Å². The highest BCUT2D eigenvalue weighted by atomic mass is 16.6. The van der Waals surface area contributed by atoms with E-state index in [1.54, 1.807) is 90.1 Å². The van der Waals surface area contributed by atoms with Gasteiger partial charge in [-0.3, -0.25) is 20.2 Å². The second-order valence-corrected chi connectivity index (χ2v) is 10.9. The van der Waals surface area contributed by atoms with Crippen LogP contribution < -0.4 is 21.3 Å². The van der Waals surface area contributed by atoms with E-state index in [-0.39, 0.29) is 11.8 Å². The third-order valence-electron chi connectivity index (χ3n) is 4.94. The largest absolute Gasteiger partial charge is 0.444 e. The lowest BCUT2D eigenvalue weighted by Gasteiger charge is -2.19. The van der Waals surface area contributed by atoms with E-state index in [1.165, 1.54) is 24.3 Å². The van der Waals surface area contributed by atoms with Gasteiger partial charge >= 0.3 is 12.2 Å². The lowest BCUT2D eigenvalue weighted by Crippen LogP contribution is -2.27. The van der Waals surface area contributed by atoms with Crippen molar-refractivity contribution in [1.82, 2.24) is 0 Å². The zero-order valence-electron chi connectivity index (χ0n) is 23.4. The molecule has 0 saturated heterocycles. The molecule has 0 aliphatic carbocycles. The fourth-order valence-corrected chi connectivity index (χ4v) is 3.37. The van der Waals surface area contributed by atoms with Crippen LogP contribution in [0, 0.1) is 0 Å². The van der Waals surface area contributed by atoms with Crippen molar-refractivity contribution in [1.29, 1.82) is 0 Å². The number of nitrogens with one attached hydrogen (secondary N) is 4. The third-order valence-corrected chi connectivity index (χ3v) is 4.94. The highest BCUT2D eigenvalue weighted by Gasteiger charge is 2.18. The summed E-state index contributed by atoms with van der Waals surface area (Å²) in [6.45, 7) is 10.6. The van der Waals surface area contributed by atoms with Crippen LogP contribution in [0.25, 0.3) is 0 Å². The molecule has 0 aliphatic rings. The molecule has 3 aromatic carbocycles. The fraction of sp³-hybridized carbons (Fsp3) is 0.267. The molecule has 210 valence electrons. The minimum absolute atomic E-state index is 0.339. The van der Waals surface area contributed by atoms with Gasteiger partial charge in [0.1, 0.15) is 11.2 Å². The van der Waals surface area contributed by atoms with Gasteiger partial charge in [0.2, 0.25) is 0 Å². The highest BCUT2D eigenvalue weighted by Crippen LogP contribution is 2.20. The highest BCUT2D eigenvalue weighted by molar-refractivity contribution is 6.07. The minimum Gasteiger partial charge on any atom is -0.444 e. The Labute approximate surface area is 233 Å². The van der Waals surface area contributed by atoms with Crippen LogP contribution in [0.1, 0.15) is 62.3 Å². The van der Waals surface area contributed by atoms with E-state index < -0.39 is 23.4 Å². The molecule has 0 aromatic heterocycles. The van der Waals surface area contributed by atoms with Crippen molar-refractivity contribution in [3.8, 4) is 0 Å². The standard InChI is InChI=1S/C30H34N4O6/c1-29(2,3)39-27(37)33-23-11-7-9-21(17-23)31-25(35)19-13-15-20(16-14-19)26(36)32-22-10-8-12-24(18-22)34-28(38)40-30(4,5)6/h7-18H,1-6H3,(H,31,35)(H,32,36)(H,33,37)(H,34,38). The van der Waals surface area contributed by atoms with Gasteiger partial charge in [0.25, 0.3) is 11.8 Å². The summed E-state index contributed by atoms with van der Waals surface area (Å²) in [6, 6.07) is 19.5. The number of hydrogen-bond donors (Lipinski definition) is 4. The number of benzene rings is 3.